The van der Waals surface area contributed by atoms with Gasteiger partial charge in [0.15, 0.2) is 0 Å². The van der Waals surface area contributed by atoms with Crippen molar-refractivity contribution in [1.29, 1.82) is 0 Å². The Hall–Kier alpha value is -7.68. The molecule has 0 aliphatic heterocycles. The molecular formula is C61H54N2. The Bertz CT molecular complexity index is 2750. The van der Waals surface area contributed by atoms with E-state index in [4.69, 9.17) is 0 Å². The van der Waals surface area contributed by atoms with Crippen molar-refractivity contribution in [1.82, 2.24) is 0 Å². The number of hydrogen-bond donors (Lipinski definition) is 0. The smallest absolute Gasteiger partial charge is 0.0462 e. The van der Waals surface area contributed by atoms with E-state index in [0.29, 0.717) is 0 Å². The second kappa shape index (κ2) is 20.7. The lowest BCUT2D eigenvalue weighted by Crippen LogP contribution is -2.10. The van der Waals surface area contributed by atoms with Gasteiger partial charge in [-0.3, -0.25) is 0 Å². The summed E-state index contributed by atoms with van der Waals surface area (Å²) in [5.74, 6) is 0. The summed E-state index contributed by atoms with van der Waals surface area (Å²) < 4.78 is 0. The van der Waals surface area contributed by atoms with Crippen molar-refractivity contribution in [3.05, 3.63) is 260 Å². The number of allylic oxidation sites excluding steroid dienone is 11. The third-order valence-corrected chi connectivity index (χ3v) is 11.4. The Kier molecular flexibility index (Phi) is 13.8. The molecule has 2 heteroatoms. The van der Waals surface area contributed by atoms with E-state index >= 15 is 0 Å². The van der Waals surface area contributed by atoms with Gasteiger partial charge >= 0.3 is 0 Å². The number of anilines is 6. The highest BCUT2D eigenvalue weighted by atomic mass is 15.1. The summed E-state index contributed by atoms with van der Waals surface area (Å²) in [4.78, 5) is 4.66. The van der Waals surface area contributed by atoms with Crippen molar-refractivity contribution >= 4 is 51.3 Å². The van der Waals surface area contributed by atoms with E-state index in [-0.39, 0.29) is 0 Å². The number of hydrogen-bond acceptors (Lipinski definition) is 2. The highest BCUT2D eigenvalue weighted by Crippen LogP contribution is 2.40. The SMILES string of the molecule is C=C/C=C(\C=C)c1ccc(N(c2ccc(/C=C/CC/C=C\C)cc2)c2ccc(-c3ccc(N(c4ccc(C5=CCCC=C5)cc4)c4ccc(-c5ccccc5)cc4)cc3)cc2)cc1. The first kappa shape index (κ1) is 42.0. The summed E-state index contributed by atoms with van der Waals surface area (Å²) in [7, 11) is 0. The number of nitrogens with zero attached hydrogens (tertiary/aromatic N) is 2. The van der Waals surface area contributed by atoms with E-state index < -0.39 is 0 Å². The molecule has 7 aromatic carbocycles. The summed E-state index contributed by atoms with van der Waals surface area (Å²) in [6.07, 6.45) is 25.5. The Morgan fingerprint density at radius 2 is 0.937 bits per heavy atom. The van der Waals surface area contributed by atoms with E-state index in [1.54, 1.807) is 6.08 Å². The van der Waals surface area contributed by atoms with Gasteiger partial charge in [0, 0.05) is 34.1 Å². The van der Waals surface area contributed by atoms with Crippen LogP contribution in [0.3, 0.4) is 0 Å². The standard InChI is InChI=1S/C61H54N2/c1-4-7-8-9-12-18-47-23-35-56(36-24-47)62(57-37-25-51(26-38-57)48(6-3)17-5-2)58-43-31-54(32-44-58)55-33-45-61(46-34-55)63(59-39-27-52(28-40-59)49-19-13-10-14-20-49)60-41-29-53(30-42-60)50-21-15-11-16-22-50/h4-7,10,12-15,17-46H,2-3,8-9,11,16H2,1H3/b7-4-,18-12+,48-17+. The molecule has 0 saturated heterocycles. The minimum Gasteiger partial charge on any atom is -0.311 e. The summed E-state index contributed by atoms with van der Waals surface area (Å²) in [5, 5.41) is 0. The zero-order valence-electron chi connectivity index (χ0n) is 36.2. The van der Waals surface area contributed by atoms with Crippen LogP contribution < -0.4 is 9.80 Å². The Labute approximate surface area is 374 Å². The largest absolute Gasteiger partial charge is 0.311 e. The summed E-state index contributed by atoms with van der Waals surface area (Å²) in [6.45, 7) is 9.97. The fourth-order valence-electron chi connectivity index (χ4n) is 8.09. The first-order valence-corrected chi connectivity index (χ1v) is 22.0. The molecule has 0 unspecified atom stereocenters. The van der Waals surface area contributed by atoms with Crippen molar-refractivity contribution < 1.29 is 0 Å². The van der Waals surface area contributed by atoms with Crippen LogP contribution in [-0.4, -0.2) is 0 Å². The monoisotopic (exact) mass is 814 g/mol. The molecule has 0 heterocycles. The molecule has 0 fully saturated rings. The predicted molar refractivity (Wildman–Crippen MR) is 274 cm³/mol. The zero-order chi connectivity index (χ0) is 43.2. The van der Waals surface area contributed by atoms with Crippen molar-refractivity contribution in [2.24, 2.45) is 0 Å². The van der Waals surface area contributed by atoms with Crippen LogP contribution in [0, 0.1) is 0 Å². The van der Waals surface area contributed by atoms with E-state index in [1.165, 1.54) is 27.8 Å². The molecule has 0 aromatic heterocycles. The van der Waals surface area contributed by atoms with Gasteiger partial charge in [-0.05, 0) is 155 Å². The quantitative estimate of drug-likeness (QED) is 0.0545. The van der Waals surface area contributed by atoms with Crippen LogP contribution in [0.5, 0.6) is 0 Å². The van der Waals surface area contributed by atoms with Crippen LogP contribution in [0.25, 0.3) is 39.5 Å². The Morgan fingerprint density at radius 3 is 1.38 bits per heavy atom. The number of unbranched alkanes of at least 4 members (excludes halogenated alkanes) is 1. The third-order valence-electron chi connectivity index (χ3n) is 11.4. The maximum atomic E-state index is 4.02. The predicted octanol–water partition coefficient (Wildman–Crippen LogP) is 17.8. The first-order chi connectivity index (χ1) is 31.1. The topological polar surface area (TPSA) is 6.48 Å². The molecule has 1 aliphatic carbocycles. The van der Waals surface area contributed by atoms with Gasteiger partial charge in [-0.2, -0.15) is 0 Å². The normalized spacial score (nSPS) is 12.7. The molecule has 0 radical (unpaired) electrons. The zero-order valence-corrected chi connectivity index (χ0v) is 36.2. The van der Waals surface area contributed by atoms with E-state index in [1.807, 2.05) is 12.2 Å². The van der Waals surface area contributed by atoms with Gasteiger partial charge in [-0.1, -0.05) is 177 Å². The van der Waals surface area contributed by atoms with Crippen molar-refractivity contribution in [3.8, 4) is 22.3 Å². The number of benzene rings is 7. The third kappa shape index (κ3) is 10.3. The summed E-state index contributed by atoms with van der Waals surface area (Å²) >= 11 is 0. The Morgan fingerprint density at radius 1 is 0.492 bits per heavy atom. The highest BCUT2D eigenvalue weighted by molar-refractivity contribution is 5.84. The van der Waals surface area contributed by atoms with Gasteiger partial charge in [-0.25, -0.2) is 0 Å². The van der Waals surface area contributed by atoms with E-state index in [0.717, 1.165) is 82.1 Å². The molecular weight excluding hydrogens is 761 g/mol. The molecule has 2 nitrogen and oxygen atoms in total. The molecule has 8 rings (SSSR count). The molecule has 0 atom stereocenters. The van der Waals surface area contributed by atoms with Gasteiger partial charge in [0.25, 0.3) is 0 Å². The molecule has 63 heavy (non-hydrogen) atoms. The lowest BCUT2D eigenvalue weighted by molar-refractivity contribution is 1.04. The fourth-order valence-corrected chi connectivity index (χ4v) is 8.09. The molecule has 308 valence electrons. The molecule has 1 aliphatic rings. The molecule has 0 saturated carbocycles. The molecule has 7 aromatic rings. The summed E-state index contributed by atoms with van der Waals surface area (Å²) in [6, 6.07) is 63.7. The molecule has 0 bridgehead atoms. The van der Waals surface area contributed by atoms with Crippen molar-refractivity contribution in [3.63, 3.8) is 0 Å². The maximum absolute atomic E-state index is 4.02. The maximum Gasteiger partial charge on any atom is 0.0462 e. The average Bonchev–Trinajstić information content (AvgIpc) is 3.35. The van der Waals surface area contributed by atoms with Gasteiger partial charge in [-0.15, -0.1) is 0 Å². The van der Waals surface area contributed by atoms with Gasteiger partial charge in [0.1, 0.15) is 0 Å². The van der Waals surface area contributed by atoms with Gasteiger partial charge < -0.3 is 9.80 Å². The number of rotatable bonds is 16. The Balaban J connectivity index is 1.09. The summed E-state index contributed by atoms with van der Waals surface area (Å²) in [5.41, 5.74) is 17.1. The van der Waals surface area contributed by atoms with E-state index in [9.17, 15) is 0 Å². The van der Waals surface area contributed by atoms with Crippen LogP contribution in [0.1, 0.15) is 49.3 Å². The van der Waals surface area contributed by atoms with Crippen molar-refractivity contribution in [2.45, 2.75) is 32.6 Å². The fraction of sp³-hybridized carbons (Fsp3) is 0.0820. The van der Waals surface area contributed by atoms with Gasteiger partial charge in [0.05, 0.1) is 0 Å². The first-order valence-electron chi connectivity index (χ1n) is 22.0. The highest BCUT2D eigenvalue weighted by Gasteiger charge is 2.16. The molecule has 0 N–H and O–H groups in total. The molecule has 0 spiro atoms. The second-order valence-electron chi connectivity index (χ2n) is 15.6. The van der Waals surface area contributed by atoms with Crippen LogP contribution in [0.2, 0.25) is 0 Å². The van der Waals surface area contributed by atoms with Crippen LogP contribution >= 0.6 is 0 Å². The van der Waals surface area contributed by atoms with Gasteiger partial charge in [0.2, 0.25) is 0 Å². The van der Waals surface area contributed by atoms with Crippen LogP contribution in [0.15, 0.2) is 244 Å². The lowest BCUT2D eigenvalue weighted by Gasteiger charge is -2.27. The van der Waals surface area contributed by atoms with E-state index in [2.05, 4.69) is 248 Å². The molecule has 0 amide bonds. The second-order valence-corrected chi connectivity index (χ2v) is 15.6. The van der Waals surface area contributed by atoms with Crippen LogP contribution in [-0.2, 0) is 0 Å². The van der Waals surface area contributed by atoms with Crippen LogP contribution in [0.4, 0.5) is 34.1 Å². The minimum absolute atomic E-state index is 1.03. The lowest BCUT2D eigenvalue weighted by atomic mass is 9.99. The average molecular weight is 815 g/mol. The minimum atomic E-state index is 1.03. The van der Waals surface area contributed by atoms with Crippen molar-refractivity contribution in [2.75, 3.05) is 9.80 Å².